The fourth-order valence-corrected chi connectivity index (χ4v) is 1.50. The van der Waals surface area contributed by atoms with E-state index in [4.69, 9.17) is 9.47 Å². The van der Waals surface area contributed by atoms with Crippen molar-refractivity contribution in [1.82, 2.24) is 0 Å². The van der Waals surface area contributed by atoms with Crippen LogP contribution in [0.4, 0.5) is 0 Å². The summed E-state index contributed by atoms with van der Waals surface area (Å²) in [6.45, 7) is 5.69. The Morgan fingerprint density at radius 3 is 2.65 bits per heavy atom. The van der Waals surface area contributed by atoms with Gasteiger partial charge in [0.25, 0.3) is 0 Å². The molecule has 2 rings (SSSR count). The smallest absolute Gasteiger partial charge is 0.123 e. The van der Waals surface area contributed by atoms with Crippen molar-refractivity contribution < 1.29 is 9.47 Å². The first-order valence-electron chi connectivity index (χ1n) is 6.25. The molecule has 17 heavy (non-hydrogen) atoms. The molecule has 0 spiro atoms. The Balaban J connectivity index is 1.84. The van der Waals surface area contributed by atoms with Crippen molar-refractivity contribution in [2.75, 3.05) is 13.2 Å². The zero-order valence-corrected chi connectivity index (χ0v) is 10.6. The van der Waals surface area contributed by atoms with Crippen LogP contribution in [0.2, 0.25) is 0 Å². The lowest BCUT2D eigenvalue weighted by atomic mass is 10.2. The van der Waals surface area contributed by atoms with Gasteiger partial charge in [0, 0.05) is 0 Å². The number of epoxide rings is 1. The highest BCUT2D eigenvalue weighted by molar-refractivity contribution is 5.50. The second kappa shape index (κ2) is 5.37. The Bertz CT molecular complexity index is 374. The van der Waals surface area contributed by atoms with Crippen LogP contribution in [0.1, 0.15) is 32.3 Å². The number of hydrogen-bond donors (Lipinski definition) is 0. The Labute approximate surface area is 103 Å². The quantitative estimate of drug-likeness (QED) is 0.698. The zero-order chi connectivity index (χ0) is 12.1. The van der Waals surface area contributed by atoms with Crippen LogP contribution in [0, 0.1) is 0 Å². The van der Waals surface area contributed by atoms with E-state index in [0.29, 0.717) is 6.61 Å². The highest BCUT2D eigenvalue weighted by Gasteiger charge is 2.40. The van der Waals surface area contributed by atoms with E-state index in [1.165, 1.54) is 12.0 Å². The summed E-state index contributed by atoms with van der Waals surface area (Å²) in [5.74, 6) is 0.911. The lowest BCUT2D eigenvalue weighted by molar-refractivity contribution is 0.202. The van der Waals surface area contributed by atoms with Gasteiger partial charge < -0.3 is 9.47 Å². The molecule has 1 aromatic rings. The molecule has 0 N–H and O–H groups in total. The largest absolute Gasteiger partial charge is 0.491 e. The maximum absolute atomic E-state index is 5.66. The van der Waals surface area contributed by atoms with Crippen LogP contribution >= 0.6 is 0 Å². The van der Waals surface area contributed by atoms with Crippen molar-refractivity contribution in [2.24, 2.45) is 0 Å². The monoisotopic (exact) mass is 232 g/mol. The highest BCUT2D eigenvalue weighted by atomic mass is 16.6. The van der Waals surface area contributed by atoms with Gasteiger partial charge in [0.15, 0.2) is 0 Å². The molecule has 0 radical (unpaired) electrons. The molecule has 1 heterocycles. The number of benzene rings is 1. The molecule has 0 saturated carbocycles. The number of unbranched alkanes of at least 4 members (excludes halogenated alkanes) is 1. The highest BCUT2D eigenvalue weighted by Crippen LogP contribution is 2.27. The predicted molar refractivity (Wildman–Crippen MR) is 70.2 cm³/mol. The van der Waals surface area contributed by atoms with Gasteiger partial charge in [-0.05, 0) is 31.0 Å². The molecule has 92 valence electrons. The first-order valence-corrected chi connectivity index (χ1v) is 6.25. The van der Waals surface area contributed by atoms with E-state index in [2.05, 4.69) is 38.1 Å². The van der Waals surface area contributed by atoms with Crippen LogP contribution in [0.5, 0.6) is 5.75 Å². The van der Waals surface area contributed by atoms with Crippen LogP contribution in [0.25, 0.3) is 6.08 Å². The summed E-state index contributed by atoms with van der Waals surface area (Å²) in [5.41, 5.74) is 1.18. The molecule has 2 heteroatoms. The van der Waals surface area contributed by atoms with E-state index in [0.717, 1.165) is 18.8 Å². The van der Waals surface area contributed by atoms with Crippen molar-refractivity contribution in [1.29, 1.82) is 0 Å². The molecule has 0 amide bonds. The minimum Gasteiger partial charge on any atom is -0.491 e. The lowest BCUT2D eigenvalue weighted by Crippen LogP contribution is -2.16. The molecule has 0 aliphatic carbocycles. The summed E-state index contributed by atoms with van der Waals surface area (Å²) in [5, 5.41) is 0. The molecule has 2 nitrogen and oxygen atoms in total. The van der Waals surface area contributed by atoms with Crippen molar-refractivity contribution in [2.45, 2.75) is 32.3 Å². The van der Waals surface area contributed by atoms with E-state index in [-0.39, 0.29) is 5.60 Å². The molecule has 1 aliphatic rings. The molecular weight excluding hydrogens is 212 g/mol. The van der Waals surface area contributed by atoms with Crippen molar-refractivity contribution in [3.8, 4) is 5.75 Å². The van der Waals surface area contributed by atoms with Crippen molar-refractivity contribution in [3.63, 3.8) is 0 Å². The minimum atomic E-state index is -0.0420. The number of hydrogen-bond acceptors (Lipinski definition) is 2. The van der Waals surface area contributed by atoms with Gasteiger partial charge in [-0.3, -0.25) is 0 Å². The van der Waals surface area contributed by atoms with E-state index in [9.17, 15) is 0 Å². The molecule has 1 unspecified atom stereocenters. The summed E-state index contributed by atoms with van der Waals surface area (Å²) in [6.07, 6.45) is 6.68. The fourth-order valence-electron chi connectivity index (χ4n) is 1.50. The van der Waals surface area contributed by atoms with E-state index in [1.54, 1.807) is 0 Å². The van der Waals surface area contributed by atoms with Crippen molar-refractivity contribution >= 4 is 6.08 Å². The molecule has 1 aromatic carbocycles. The first kappa shape index (κ1) is 12.2. The predicted octanol–water partition coefficient (Wildman–Crippen LogP) is 3.67. The number of ether oxygens (including phenoxy) is 2. The van der Waals surface area contributed by atoms with Crippen LogP contribution in [-0.2, 0) is 4.74 Å². The lowest BCUT2D eigenvalue weighted by Gasteiger charge is -2.08. The number of rotatable bonds is 6. The van der Waals surface area contributed by atoms with E-state index in [1.807, 2.05) is 12.1 Å². The zero-order valence-electron chi connectivity index (χ0n) is 10.6. The summed E-state index contributed by atoms with van der Waals surface area (Å²) >= 11 is 0. The van der Waals surface area contributed by atoms with Gasteiger partial charge in [0.1, 0.15) is 18.0 Å². The summed E-state index contributed by atoms with van der Waals surface area (Å²) in [6, 6.07) is 8.18. The Morgan fingerprint density at radius 2 is 2.06 bits per heavy atom. The molecule has 1 atom stereocenters. The molecule has 0 bridgehead atoms. The topological polar surface area (TPSA) is 21.8 Å². The summed E-state index contributed by atoms with van der Waals surface area (Å²) in [7, 11) is 0. The van der Waals surface area contributed by atoms with Crippen molar-refractivity contribution in [3.05, 3.63) is 35.9 Å². The molecular formula is C15H20O2. The van der Waals surface area contributed by atoms with Gasteiger partial charge in [0.05, 0.1) is 6.61 Å². The van der Waals surface area contributed by atoms with E-state index < -0.39 is 0 Å². The average Bonchev–Trinajstić information content (AvgIpc) is 3.07. The van der Waals surface area contributed by atoms with Crippen LogP contribution in [0.15, 0.2) is 30.3 Å². The van der Waals surface area contributed by atoms with Crippen LogP contribution < -0.4 is 4.74 Å². The second-order valence-corrected chi connectivity index (χ2v) is 4.79. The van der Waals surface area contributed by atoms with Gasteiger partial charge in [0.2, 0.25) is 0 Å². The molecule has 1 aliphatic heterocycles. The maximum atomic E-state index is 5.66. The standard InChI is InChI=1S/C15H20O2/c1-3-4-5-6-13-7-9-14(10-8-13)16-11-15(2)12-17-15/h5-10H,3-4,11-12H2,1-2H3/b6-5+. The van der Waals surface area contributed by atoms with Gasteiger partial charge in [-0.25, -0.2) is 0 Å². The molecule has 1 fully saturated rings. The minimum absolute atomic E-state index is 0.0420. The van der Waals surface area contributed by atoms with Crippen LogP contribution in [-0.4, -0.2) is 18.8 Å². The third kappa shape index (κ3) is 3.90. The molecule has 1 saturated heterocycles. The Kier molecular flexibility index (Phi) is 3.85. The molecule has 0 aromatic heterocycles. The second-order valence-electron chi connectivity index (χ2n) is 4.79. The number of allylic oxidation sites excluding steroid dienone is 1. The maximum Gasteiger partial charge on any atom is 0.123 e. The third-order valence-electron chi connectivity index (χ3n) is 2.83. The SMILES string of the molecule is CCC/C=C/c1ccc(OCC2(C)CO2)cc1. The third-order valence-corrected chi connectivity index (χ3v) is 2.83. The van der Waals surface area contributed by atoms with Crippen LogP contribution in [0.3, 0.4) is 0 Å². The Morgan fingerprint density at radius 1 is 1.35 bits per heavy atom. The van der Waals surface area contributed by atoms with Gasteiger partial charge >= 0.3 is 0 Å². The van der Waals surface area contributed by atoms with Gasteiger partial charge in [-0.1, -0.05) is 37.6 Å². The first-order chi connectivity index (χ1) is 8.22. The fraction of sp³-hybridized carbons (Fsp3) is 0.467. The average molecular weight is 232 g/mol. The summed E-state index contributed by atoms with van der Waals surface area (Å²) < 4.78 is 10.9. The van der Waals surface area contributed by atoms with Gasteiger partial charge in [-0.2, -0.15) is 0 Å². The van der Waals surface area contributed by atoms with Gasteiger partial charge in [-0.15, -0.1) is 0 Å². The van der Waals surface area contributed by atoms with E-state index >= 15 is 0 Å². The summed E-state index contributed by atoms with van der Waals surface area (Å²) in [4.78, 5) is 0. The Hall–Kier alpha value is -1.28. The normalized spacial score (nSPS) is 22.9.